The molecule has 0 aliphatic heterocycles. The van der Waals surface area contributed by atoms with E-state index in [0.29, 0.717) is 17.1 Å². The molecular formula is C16H10F2N2O2S. The van der Waals surface area contributed by atoms with Gasteiger partial charge in [0.1, 0.15) is 17.4 Å². The number of benzene rings is 2. The number of hydrogen-bond acceptors (Lipinski definition) is 5. The molecule has 0 saturated carbocycles. The Labute approximate surface area is 134 Å². The van der Waals surface area contributed by atoms with Crippen LogP contribution >= 0.6 is 11.3 Å². The number of carbonyl (C=O) groups excluding carboxylic acids is 1. The van der Waals surface area contributed by atoms with Crippen LogP contribution < -0.4 is 10.1 Å². The largest absolute Gasteiger partial charge is 0.444 e. The zero-order valence-corrected chi connectivity index (χ0v) is 12.4. The lowest BCUT2D eigenvalue weighted by molar-refractivity contribution is 0.111. The lowest BCUT2D eigenvalue weighted by Gasteiger charge is -2.03. The van der Waals surface area contributed by atoms with E-state index in [1.165, 1.54) is 30.3 Å². The predicted molar refractivity (Wildman–Crippen MR) is 83.7 cm³/mol. The fourth-order valence-electron chi connectivity index (χ4n) is 1.85. The Morgan fingerprint density at radius 3 is 2.52 bits per heavy atom. The Hall–Kier alpha value is -2.80. The van der Waals surface area contributed by atoms with Gasteiger partial charge in [0.25, 0.3) is 0 Å². The summed E-state index contributed by atoms with van der Waals surface area (Å²) in [5, 5.41) is 3.48. The van der Waals surface area contributed by atoms with Gasteiger partial charge in [0.05, 0.1) is 0 Å². The van der Waals surface area contributed by atoms with Crippen LogP contribution in [0.2, 0.25) is 0 Å². The van der Waals surface area contributed by atoms with E-state index >= 15 is 0 Å². The van der Waals surface area contributed by atoms with Gasteiger partial charge in [-0.2, -0.15) is 0 Å². The summed E-state index contributed by atoms with van der Waals surface area (Å²) >= 11 is 1.06. The van der Waals surface area contributed by atoms with Crippen molar-refractivity contribution in [2.45, 2.75) is 0 Å². The smallest absolute Gasteiger partial charge is 0.213 e. The van der Waals surface area contributed by atoms with Crippen molar-refractivity contribution in [3.8, 4) is 10.8 Å². The van der Waals surface area contributed by atoms with E-state index in [1.54, 1.807) is 18.2 Å². The highest BCUT2D eigenvalue weighted by atomic mass is 32.1. The maximum absolute atomic E-state index is 13.2. The van der Waals surface area contributed by atoms with Crippen LogP contribution in [0, 0.1) is 11.6 Å². The molecule has 0 fully saturated rings. The summed E-state index contributed by atoms with van der Waals surface area (Å²) in [5.41, 5.74) is 0.576. The molecule has 1 N–H and O–H groups in total. The molecule has 1 heterocycles. The second-order valence-electron chi connectivity index (χ2n) is 4.50. The summed E-state index contributed by atoms with van der Waals surface area (Å²) in [6, 6.07) is 11.4. The van der Waals surface area contributed by atoms with Crippen LogP contribution in [0.15, 0.2) is 48.5 Å². The van der Waals surface area contributed by atoms with Gasteiger partial charge in [0, 0.05) is 11.8 Å². The summed E-state index contributed by atoms with van der Waals surface area (Å²) in [7, 11) is 0. The van der Waals surface area contributed by atoms with Crippen LogP contribution in [0.1, 0.15) is 10.5 Å². The first-order valence-corrected chi connectivity index (χ1v) is 7.38. The number of rotatable bonds is 5. The molecular weight excluding hydrogens is 322 g/mol. The molecule has 0 radical (unpaired) electrons. The van der Waals surface area contributed by atoms with Crippen molar-refractivity contribution >= 4 is 28.4 Å². The maximum Gasteiger partial charge on any atom is 0.213 e. The number of aldehydes is 1. The third kappa shape index (κ3) is 3.70. The highest BCUT2D eigenvalue weighted by molar-refractivity contribution is 7.17. The molecule has 0 aliphatic carbocycles. The molecule has 0 aliphatic rings. The van der Waals surface area contributed by atoms with E-state index in [2.05, 4.69) is 10.3 Å². The monoisotopic (exact) mass is 332 g/mol. The Bertz CT molecular complexity index is 852. The Balaban J connectivity index is 1.84. The Morgan fingerprint density at radius 2 is 1.83 bits per heavy atom. The Kier molecular flexibility index (Phi) is 4.29. The minimum atomic E-state index is -0.447. The number of ether oxygens (including phenoxy) is 1. The van der Waals surface area contributed by atoms with Crippen LogP contribution in [0.4, 0.5) is 19.6 Å². The van der Waals surface area contributed by atoms with Gasteiger partial charge in [-0.05, 0) is 30.3 Å². The van der Waals surface area contributed by atoms with Crippen LogP contribution in [0.25, 0.3) is 0 Å². The summed E-state index contributed by atoms with van der Waals surface area (Å²) in [5.74, 6) is -0.578. The summed E-state index contributed by atoms with van der Waals surface area (Å²) < 4.78 is 31.8. The third-order valence-electron chi connectivity index (χ3n) is 2.81. The van der Waals surface area contributed by atoms with Crippen molar-refractivity contribution < 1.29 is 18.3 Å². The number of thiazole rings is 1. The van der Waals surface area contributed by atoms with Crippen LogP contribution in [0.3, 0.4) is 0 Å². The van der Waals surface area contributed by atoms with Gasteiger partial charge < -0.3 is 10.1 Å². The highest BCUT2D eigenvalue weighted by Crippen LogP contribution is 2.35. The normalized spacial score (nSPS) is 10.3. The Morgan fingerprint density at radius 1 is 1.09 bits per heavy atom. The van der Waals surface area contributed by atoms with Gasteiger partial charge in [0.2, 0.25) is 5.06 Å². The van der Waals surface area contributed by atoms with Crippen molar-refractivity contribution in [3.63, 3.8) is 0 Å². The molecule has 2 aromatic carbocycles. The van der Waals surface area contributed by atoms with Gasteiger partial charge in [-0.15, -0.1) is 0 Å². The second-order valence-corrected chi connectivity index (χ2v) is 5.47. The molecule has 0 spiro atoms. The van der Waals surface area contributed by atoms with E-state index in [4.69, 9.17) is 4.74 Å². The van der Waals surface area contributed by atoms with Crippen molar-refractivity contribution in [1.82, 2.24) is 4.98 Å². The predicted octanol–water partition coefficient (Wildman–Crippen LogP) is 4.77. The third-order valence-corrected chi connectivity index (χ3v) is 3.68. The molecule has 1 aromatic heterocycles. The quantitative estimate of drug-likeness (QED) is 0.684. The number of aromatic nitrogens is 1. The molecule has 116 valence electrons. The van der Waals surface area contributed by atoms with Crippen molar-refractivity contribution in [1.29, 1.82) is 0 Å². The number of anilines is 2. The van der Waals surface area contributed by atoms with Gasteiger partial charge in [-0.25, -0.2) is 13.8 Å². The average molecular weight is 332 g/mol. The number of halogens is 2. The standard InChI is InChI=1S/C16H10F2N2O2S/c17-10-3-1-5-12(7-10)19-16-20-14(9-21)15(23-16)22-13-6-2-4-11(18)8-13/h1-9H,(H,19,20). The van der Waals surface area contributed by atoms with Gasteiger partial charge >= 0.3 is 0 Å². The summed E-state index contributed by atoms with van der Waals surface area (Å²) in [6.07, 6.45) is 0.544. The molecule has 0 bridgehead atoms. The lowest BCUT2D eigenvalue weighted by Crippen LogP contribution is -1.91. The molecule has 4 nitrogen and oxygen atoms in total. The number of nitrogens with one attached hydrogen (secondary N) is 1. The zero-order chi connectivity index (χ0) is 16.2. The molecule has 3 aromatic rings. The van der Waals surface area contributed by atoms with Crippen LogP contribution in [-0.4, -0.2) is 11.3 Å². The summed E-state index contributed by atoms with van der Waals surface area (Å²) in [6.45, 7) is 0. The first-order chi connectivity index (χ1) is 11.1. The molecule has 23 heavy (non-hydrogen) atoms. The summed E-state index contributed by atoms with van der Waals surface area (Å²) in [4.78, 5) is 15.2. The average Bonchev–Trinajstić information content (AvgIpc) is 2.89. The minimum absolute atomic E-state index is 0.0816. The molecule has 7 heteroatoms. The second kappa shape index (κ2) is 6.53. The van der Waals surface area contributed by atoms with Gasteiger partial charge in [0.15, 0.2) is 17.1 Å². The van der Waals surface area contributed by atoms with E-state index in [1.807, 2.05) is 0 Å². The molecule has 0 saturated heterocycles. The van der Waals surface area contributed by atoms with Gasteiger partial charge in [-0.1, -0.05) is 23.5 Å². The number of hydrogen-bond donors (Lipinski definition) is 1. The topological polar surface area (TPSA) is 51.2 Å². The lowest BCUT2D eigenvalue weighted by atomic mass is 10.3. The van der Waals surface area contributed by atoms with E-state index in [-0.39, 0.29) is 16.5 Å². The van der Waals surface area contributed by atoms with E-state index in [9.17, 15) is 13.6 Å². The molecule has 0 atom stereocenters. The molecule has 3 rings (SSSR count). The van der Waals surface area contributed by atoms with E-state index in [0.717, 1.165) is 11.3 Å². The first-order valence-electron chi connectivity index (χ1n) is 6.56. The highest BCUT2D eigenvalue weighted by Gasteiger charge is 2.13. The number of nitrogens with zero attached hydrogens (tertiary/aromatic N) is 1. The van der Waals surface area contributed by atoms with Crippen LogP contribution in [0.5, 0.6) is 10.8 Å². The van der Waals surface area contributed by atoms with Crippen molar-refractivity contribution in [2.75, 3.05) is 5.32 Å². The molecule has 0 amide bonds. The SMILES string of the molecule is O=Cc1nc(Nc2cccc(F)c2)sc1Oc1cccc(F)c1. The fourth-order valence-corrected chi connectivity index (χ4v) is 2.67. The van der Waals surface area contributed by atoms with Crippen LogP contribution in [-0.2, 0) is 0 Å². The van der Waals surface area contributed by atoms with Gasteiger partial charge in [-0.3, -0.25) is 4.79 Å². The minimum Gasteiger partial charge on any atom is -0.444 e. The number of carbonyl (C=O) groups is 1. The molecule has 0 unspecified atom stereocenters. The first kappa shape index (κ1) is 15.1. The fraction of sp³-hybridized carbons (Fsp3) is 0. The van der Waals surface area contributed by atoms with Crippen molar-refractivity contribution in [3.05, 3.63) is 65.9 Å². The maximum atomic E-state index is 13.2. The zero-order valence-electron chi connectivity index (χ0n) is 11.6. The van der Waals surface area contributed by atoms with Crippen molar-refractivity contribution in [2.24, 2.45) is 0 Å². The van der Waals surface area contributed by atoms with E-state index < -0.39 is 11.6 Å².